The molecule has 0 atom stereocenters. The summed E-state index contributed by atoms with van der Waals surface area (Å²) in [5, 5.41) is 12.6. The molecule has 0 spiro atoms. The van der Waals surface area contributed by atoms with Crippen molar-refractivity contribution in [2.45, 2.75) is 44.9 Å². The summed E-state index contributed by atoms with van der Waals surface area (Å²) < 4.78 is 0. The van der Waals surface area contributed by atoms with E-state index in [1.54, 1.807) is 11.6 Å². The second-order valence-electron chi connectivity index (χ2n) is 7.46. The van der Waals surface area contributed by atoms with Gasteiger partial charge in [-0.15, -0.1) is 0 Å². The van der Waals surface area contributed by atoms with Crippen LogP contribution in [0.2, 0.25) is 0 Å². The molecule has 1 fully saturated rings. The molecule has 1 heteroatoms. The monoisotopic (exact) mass is 353 g/mol. The van der Waals surface area contributed by atoms with Gasteiger partial charge in [0.2, 0.25) is 0 Å². The largest absolute Gasteiger partial charge is 0.192 e. The van der Waals surface area contributed by atoms with E-state index in [9.17, 15) is 0 Å². The summed E-state index contributed by atoms with van der Waals surface area (Å²) in [5.74, 6) is 0.856. The molecular formula is C26H27N. The first-order valence-corrected chi connectivity index (χ1v) is 9.76. The maximum atomic E-state index is 8.88. The maximum absolute atomic E-state index is 8.88. The van der Waals surface area contributed by atoms with Crippen LogP contribution in [-0.4, -0.2) is 0 Å². The molecule has 1 aliphatic carbocycles. The van der Waals surface area contributed by atoms with Crippen LogP contribution >= 0.6 is 0 Å². The zero-order valence-corrected chi connectivity index (χ0v) is 16.2. The van der Waals surface area contributed by atoms with E-state index in [4.69, 9.17) is 5.26 Å². The predicted molar refractivity (Wildman–Crippen MR) is 116 cm³/mol. The number of hydrogen-bond acceptors (Lipinski definition) is 1. The van der Waals surface area contributed by atoms with E-state index < -0.39 is 0 Å². The molecule has 4 rings (SSSR count). The van der Waals surface area contributed by atoms with E-state index in [2.05, 4.69) is 50.4 Å². The van der Waals surface area contributed by atoms with Crippen molar-refractivity contribution in [3.05, 3.63) is 81.7 Å². The van der Waals surface area contributed by atoms with E-state index in [1.165, 1.54) is 37.7 Å². The third kappa shape index (κ3) is 4.47. The lowest BCUT2D eigenvalue weighted by Crippen LogP contribution is -2.13. The van der Waals surface area contributed by atoms with Gasteiger partial charge in [0.1, 0.15) is 0 Å². The molecule has 27 heavy (non-hydrogen) atoms. The molecule has 0 radical (unpaired) electrons. The zero-order valence-electron chi connectivity index (χ0n) is 16.2. The fourth-order valence-electron chi connectivity index (χ4n) is 3.88. The predicted octanol–water partition coefficient (Wildman–Crippen LogP) is 5.57. The molecule has 0 heterocycles. The first-order chi connectivity index (χ1) is 13.1. The molecule has 1 nitrogen and oxygen atoms in total. The summed E-state index contributed by atoms with van der Waals surface area (Å²) in [6, 6.07) is 20.9. The van der Waals surface area contributed by atoms with Gasteiger partial charge in [0.25, 0.3) is 0 Å². The van der Waals surface area contributed by atoms with Crippen molar-refractivity contribution < 1.29 is 0 Å². The van der Waals surface area contributed by atoms with Gasteiger partial charge < -0.3 is 0 Å². The van der Waals surface area contributed by atoms with Gasteiger partial charge in [0, 0.05) is 0 Å². The molecule has 0 N–H and O–H groups in total. The summed E-state index contributed by atoms with van der Waals surface area (Å²) in [6.45, 7) is 9.99. The third-order valence-electron chi connectivity index (χ3n) is 5.52. The first-order valence-electron chi connectivity index (χ1n) is 9.76. The highest BCUT2D eigenvalue weighted by molar-refractivity contribution is 5.85. The topological polar surface area (TPSA) is 23.8 Å². The molecule has 136 valence electrons. The van der Waals surface area contributed by atoms with Crippen LogP contribution in [0.5, 0.6) is 0 Å². The highest BCUT2D eigenvalue weighted by atomic mass is 14.2. The van der Waals surface area contributed by atoms with Gasteiger partial charge in [-0.25, -0.2) is 0 Å². The number of rotatable bonds is 1. The van der Waals surface area contributed by atoms with Gasteiger partial charge in [-0.1, -0.05) is 86.5 Å². The van der Waals surface area contributed by atoms with Crippen LogP contribution in [0.25, 0.3) is 23.9 Å². The zero-order chi connectivity index (χ0) is 19.2. The second kappa shape index (κ2) is 8.69. The quantitative estimate of drug-likeness (QED) is 0.561. The Kier molecular flexibility index (Phi) is 6.09. The molecule has 0 amide bonds. The third-order valence-corrected chi connectivity index (χ3v) is 5.52. The van der Waals surface area contributed by atoms with E-state index >= 15 is 0 Å². The minimum absolute atomic E-state index is 0.605. The summed E-state index contributed by atoms with van der Waals surface area (Å²) >= 11 is 0. The van der Waals surface area contributed by atoms with Crippen LogP contribution in [0.15, 0.2) is 54.6 Å². The van der Waals surface area contributed by atoms with Crippen molar-refractivity contribution in [2.24, 2.45) is 0 Å². The number of hydrogen-bond donors (Lipinski definition) is 0. The van der Waals surface area contributed by atoms with Crippen molar-refractivity contribution in [3.63, 3.8) is 0 Å². The average Bonchev–Trinajstić information content (AvgIpc) is 2.72. The standard InChI is InChI=1S/C13H9N.C13H18/c1-9-7-11(8-14)10(2)13-6-4-3-5-12(9)13;1-11-7-9-13(10-8-11)12-5-3-2-4-6-12/h3-7H,1-2H2;7-10,12H,2-6H2,1H3. The smallest absolute Gasteiger partial charge is 0.0998 e. The highest BCUT2D eigenvalue weighted by Crippen LogP contribution is 2.32. The van der Waals surface area contributed by atoms with Crippen molar-refractivity contribution in [1.82, 2.24) is 0 Å². The summed E-state index contributed by atoms with van der Waals surface area (Å²) in [5.41, 5.74) is 3.54. The number of nitrogens with zero attached hydrogens (tertiary/aromatic N) is 1. The normalized spacial score (nSPS) is 14.2. The Balaban J connectivity index is 0.000000156. The average molecular weight is 354 g/mol. The molecule has 0 saturated heterocycles. The van der Waals surface area contributed by atoms with Crippen LogP contribution in [0, 0.1) is 18.3 Å². The number of benzene rings is 3. The molecule has 1 aliphatic rings. The fraction of sp³-hybridized carbons (Fsp3) is 0.269. The lowest BCUT2D eigenvalue weighted by Gasteiger charge is -2.21. The van der Waals surface area contributed by atoms with Crippen LogP contribution in [-0.2, 0) is 0 Å². The molecular weight excluding hydrogens is 326 g/mol. The molecule has 0 bridgehead atoms. The molecule has 0 aliphatic heterocycles. The van der Waals surface area contributed by atoms with E-state index in [0.29, 0.717) is 5.56 Å². The van der Waals surface area contributed by atoms with Crippen molar-refractivity contribution >= 4 is 23.9 Å². The van der Waals surface area contributed by atoms with Crippen molar-refractivity contribution in [3.8, 4) is 6.07 Å². The van der Waals surface area contributed by atoms with E-state index in [-0.39, 0.29) is 0 Å². The van der Waals surface area contributed by atoms with Crippen molar-refractivity contribution in [1.29, 1.82) is 5.26 Å². The SMILES string of the molecule is C=c1cc(C#N)c(=C)c2ccccc12.Cc1ccc(C2CCCCC2)cc1. The number of aryl methyl sites for hydroxylation is 1. The van der Waals surface area contributed by atoms with Gasteiger partial charge in [-0.05, 0) is 58.5 Å². The Bertz CT molecular complexity index is 1050. The van der Waals surface area contributed by atoms with E-state index in [0.717, 1.165) is 27.1 Å². The summed E-state index contributed by atoms with van der Waals surface area (Å²) in [6.07, 6.45) is 7.12. The minimum atomic E-state index is 0.605. The van der Waals surface area contributed by atoms with Gasteiger partial charge in [0.05, 0.1) is 11.6 Å². The van der Waals surface area contributed by atoms with Gasteiger partial charge in [-0.2, -0.15) is 5.26 Å². The molecule has 3 aromatic carbocycles. The fourth-order valence-corrected chi connectivity index (χ4v) is 3.88. The van der Waals surface area contributed by atoms with Gasteiger partial charge in [-0.3, -0.25) is 0 Å². The van der Waals surface area contributed by atoms with Gasteiger partial charge in [0.15, 0.2) is 0 Å². The highest BCUT2D eigenvalue weighted by Gasteiger charge is 2.14. The first kappa shape index (κ1) is 18.9. The van der Waals surface area contributed by atoms with Crippen LogP contribution < -0.4 is 10.4 Å². The minimum Gasteiger partial charge on any atom is -0.192 e. The molecule has 0 unspecified atom stereocenters. The number of fused-ring (bicyclic) bond motifs is 1. The summed E-state index contributed by atoms with van der Waals surface area (Å²) in [4.78, 5) is 0. The lowest BCUT2D eigenvalue weighted by molar-refractivity contribution is 0.443. The Morgan fingerprint density at radius 1 is 0.889 bits per heavy atom. The molecule has 1 saturated carbocycles. The summed E-state index contributed by atoms with van der Waals surface area (Å²) in [7, 11) is 0. The van der Waals surface area contributed by atoms with Crippen LogP contribution in [0.1, 0.15) is 54.7 Å². The number of nitriles is 1. The van der Waals surface area contributed by atoms with Crippen LogP contribution in [0.4, 0.5) is 0 Å². The second-order valence-corrected chi connectivity index (χ2v) is 7.46. The Morgan fingerprint density at radius 3 is 2.15 bits per heavy atom. The van der Waals surface area contributed by atoms with Crippen molar-refractivity contribution in [2.75, 3.05) is 0 Å². The molecule has 0 aromatic heterocycles. The van der Waals surface area contributed by atoms with Crippen LogP contribution in [0.3, 0.4) is 0 Å². The Labute approximate surface area is 162 Å². The van der Waals surface area contributed by atoms with E-state index in [1.807, 2.05) is 24.3 Å². The lowest BCUT2D eigenvalue weighted by atomic mass is 9.84. The maximum Gasteiger partial charge on any atom is 0.0998 e. The Hall–Kier alpha value is -2.85. The molecule has 3 aromatic rings. The Morgan fingerprint density at radius 2 is 1.52 bits per heavy atom. The van der Waals surface area contributed by atoms with Gasteiger partial charge >= 0.3 is 0 Å².